The Morgan fingerprint density at radius 1 is 1.29 bits per heavy atom. The van der Waals surface area contributed by atoms with Crippen LogP contribution in [0.4, 0.5) is 5.82 Å². The summed E-state index contributed by atoms with van der Waals surface area (Å²) in [5.41, 5.74) is 2.12. The summed E-state index contributed by atoms with van der Waals surface area (Å²) in [6.45, 7) is 3.38. The first-order valence-electron chi connectivity index (χ1n) is 7.36. The number of H-pyrrole nitrogens is 1. The van der Waals surface area contributed by atoms with E-state index in [0.29, 0.717) is 5.56 Å². The number of ether oxygens (including phenoxy) is 1. The monoisotopic (exact) mass is 325 g/mol. The van der Waals surface area contributed by atoms with E-state index in [1.807, 2.05) is 31.2 Å². The summed E-state index contributed by atoms with van der Waals surface area (Å²) in [6.07, 6.45) is 0.423. The molecule has 2 heterocycles. The van der Waals surface area contributed by atoms with Crippen molar-refractivity contribution < 1.29 is 14.5 Å². The van der Waals surface area contributed by atoms with Gasteiger partial charge in [0.05, 0.1) is 0 Å². The number of nitrogens with zero attached hydrogens (tertiary/aromatic N) is 2. The van der Waals surface area contributed by atoms with Crippen molar-refractivity contribution in [3.63, 3.8) is 0 Å². The average Bonchev–Trinajstić information content (AvgIpc) is 2.90. The molecule has 0 saturated carbocycles. The standard InChI is InChI=1S/C17H15N3O4/c1-10-15(12-6-3-4-7-13(12)19-10)16(21)11(2)24-14-8-5-9-18-17(14)20(22)23/h3-9,11,19H,1-2H3. The number of aromatic nitrogens is 2. The predicted molar refractivity (Wildman–Crippen MR) is 88.3 cm³/mol. The SMILES string of the molecule is Cc1[nH]c2ccccc2c1C(=O)C(C)Oc1cccnc1[N+](=O)[O-]. The van der Waals surface area contributed by atoms with E-state index in [0.717, 1.165) is 16.6 Å². The van der Waals surface area contributed by atoms with Gasteiger partial charge >= 0.3 is 5.82 Å². The summed E-state index contributed by atoms with van der Waals surface area (Å²) in [4.78, 5) is 30.0. The highest BCUT2D eigenvalue weighted by Gasteiger charge is 2.25. The molecule has 0 radical (unpaired) electrons. The zero-order chi connectivity index (χ0) is 17.3. The molecule has 7 nitrogen and oxygen atoms in total. The van der Waals surface area contributed by atoms with Crippen LogP contribution in [0.2, 0.25) is 0 Å². The van der Waals surface area contributed by atoms with Gasteiger partial charge in [0.25, 0.3) is 0 Å². The van der Waals surface area contributed by atoms with Crippen molar-refractivity contribution in [1.82, 2.24) is 9.97 Å². The summed E-state index contributed by atoms with van der Waals surface area (Å²) >= 11 is 0. The summed E-state index contributed by atoms with van der Waals surface area (Å²) < 4.78 is 5.53. The Morgan fingerprint density at radius 2 is 2.04 bits per heavy atom. The maximum Gasteiger partial charge on any atom is 0.406 e. The van der Waals surface area contributed by atoms with Crippen LogP contribution in [-0.2, 0) is 0 Å². The highest BCUT2D eigenvalue weighted by molar-refractivity contribution is 6.11. The van der Waals surface area contributed by atoms with Gasteiger partial charge in [-0.2, -0.15) is 0 Å². The van der Waals surface area contributed by atoms with Crippen LogP contribution in [0.15, 0.2) is 42.6 Å². The molecule has 1 N–H and O–H groups in total. The fraction of sp³-hybridized carbons (Fsp3) is 0.176. The van der Waals surface area contributed by atoms with Crippen molar-refractivity contribution in [2.75, 3.05) is 0 Å². The van der Waals surface area contributed by atoms with Gasteiger partial charge in [-0.15, -0.1) is 0 Å². The number of Topliss-reactive ketones (excluding diaryl/α,β-unsaturated/α-hetero) is 1. The van der Waals surface area contributed by atoms with Crippen molar-refractivity contribution in [3.8, 4) is 5.75 Å². The number of aromatic amines is 1. The van der Waals surface area contributed by atoms with Gasteiger partial charge in [-0.1, -0.05) is 18.2 Å². The lowest BCUT2D eigenvalue weighted by molar-refractivity contribution is -0.390. The second kappa shape index (κ2) is 6.11. The number of nitro groups is 1. The number of carbonyl (C=O) groups is 1. The summed E-state index contributed by atoms with van der Waals surface area (Å²) in [5.74, 6) is -0.684. The van der Waals surface area contributed by atoms with E-state index in [9.17, 15) is 14.9 Å². The van der Waals surface area contributed by atoms with Crippen LogP contribution in [0.25, 0.3) is 10.9 Å². The van der Waals surface area contributed by atoms with Crippen LogP contribution in [0.5, 0.6) is 5.75 Å². The average molecular weight is 325 g/mol. The first kappa shape index (κ1) is 15.7. The van der Waals surface area contributed by atoms with E-state index < -0.39 is 16.8 Å². The van der Waals surface area contributed by atoms with E-state index in [1.54, 1.807) is 6.92 Å². The minimum Gasteiger partial charge on any atom is -0.474 e. The lowest BCUT2D eigenvalue weighted by atomic mass is 10.0. The van der Waals surface area contributed by atoms with Gasteiger partial charge < -0.3 is 19.8 Å². The fourth-order valence-corrected chi connectivity index (χ4v) is 2.65. The van der Waals surface area contributed by atoms with Crippen LogP contribution < -0.4 is 4.74 Å². The molecule has 3 aromatic rings. The number of hydrogen-bond donors (Lipinski definition) is 1. The Balaban J connectivity index is 1.93. The third-order valence-corrected chi connectivity index (χ3v) is 3.74. The zero-order valence-electron chi connectivity index (χ0n) is 13.1. The zero-order valence-corrected chi connectivity index (χ0v) is 13.1. The van der Waals surface area contributed by atoms with Gasteiger partial charge in [0, 0.05) is 22.2 Å². The second-order valence-electron chi connectivity index (χ2n) is 5.38. The number of benzene rings is 1. The van der Waals surface area contributed by atoms with Crippen LogP contribution in [0, 0.1) is 17.0 Å². The van der Waals surface area contributed by atoms with Crippen LogP contribution in [0.1, 0.15) is 23.0 Å². The largest absolute Gasteiger partial charge is 0.474 e. The normalized spacial score (nSPS) is 12.1. The number of pyridine rings is 1. The number of carbonyl (C=O) groups excluding carboxylic acids is 1. The van der Waals surface area contributed by atoms with Gasteiger partial charge in [0.2, 0.25) is 11.5 Å². The predicted octanol–water partition coefficient (Wildman–Crippen LogP) is 3.43. The maximum atomic E-state index is 12.8. The molecule has 1 atom stereocenters. The highest BCUT2D eigenvalue weighted by Crippen LogP contribution is 2.27. The molecule has 24 heavy (non-hydrogen) atoms. The van der Waals surface area contributed by atoms with E-state index in [-0.39, 0.29) is 11.5 Å². The van der Waals surface area contributed by atoms with Gasteiger partial charge in [0.15, 0.2) is 6.10 Å². The van der Waals surface area contributed by atoms with Crippen LogP contribution >= 0.6 is 0 Å². The summed E-state index contributed by atoms with van der Waals surface area (Å²) in [7, 11) is 0. The Hall–Kier alpha value is -3.22. The molecular weight excluding hydrogens is 310 g/mol. The van der Waals surface area contributed by atoms with Crippen molar-refractivity contribution in [3.05, 3.63) is 64.0 Å². The minimum absolute atomic E-state index is 0.0270. The maximum absolute atomic E-state index is 12.8. The number of aryl methyl sites for hydroxylation is 1. The molecule has 3 rings (SSSR count). The molecule has 1 unspecified atom stereocenters. The molecule has 0 fully saturated rings. The Labute approximate surface area is 137 Å². The molecule has 7 heteroatoms. The molecule has 1 aromatic carbocycles. The third kappa shape index (κ3) is 2.71. The van der Waals surface area contributed by atoms with E-state index in [4.69, 9.17) is 4.74 Å². The Bertz CT molecular complexity index is 932. The number of hydrogen-bond acceptors (Lipinski definition) is 5. The molecular formula is C17H15N3O4. The molecule has 0 saturated heterocycles. The van der Waals surface area contributed by atoms with Crippen molar-refractivity contribution in [1.29, 1.82) is 0 Å². The van der Waals surface area contributed by atoms with Crippen LogP contribution in [-0.4, -0.2) is 26.8 Å². The van der Waals surface area contributed by atoms with E-state index in [2.05, 4.69) is 9.97 Å². The van der Waals surface area contributed by atoms with Gasteiger partial charge in [-0.25, -0.2) is 0 Å². The van der Waals surface area contributed by atoms with E-state index in [1.165, 1.54) is 18.3 Å². The van der Waals surface area contributed by atoms with Crippen LogP contribution in [0.3, 0.4) is 0 Å². The van der Waals surface area contributed by atoms with Gasteiger partial charge in [0.1, 0.15) is 6.20 Å². The fourth-order valence-electron chi connectivity index (χ4n) is 2.65. The first-order chi connectivity index (χ1) is 11.5. The first-order valence-corrected chi connectivity index (χ1v) is 7.36. The molecule has 2 aromatic heterocycles. The third-order valence-electron chi connectivity index (χ3n) is 3.74. The Morgan fingerprint density at radius 3 is 2.79 bits per heavy atom. The Kier molecular flexibility index (Phi) is 3.99. The van der Waals surface area contributed by atoms with Crippen molar-refractivity contribution in [2.45, 2.75) is 20.0 Å². The number of rotatable bonds is 5. The smallest absolute Gasteiger partial charge is 0.406 e. The van der Waals surface area contributed by atoms with Crippen molar-refractivity contribution >= 4 is 22.5 Å². The minimum atomic E-state index is -0.884. The van der Waals surface area contributed by atoms with Gasteiger partial charge in [-0.3, -0.25) is 4.79 Å². The quantitative estimate of drug-likeness (QED) is 0.440. The topological polar surface area (TPSA) is 98.1 Å². The molecule has 0 amide bonds. The molecule has 0 aliphatic carbocycles. The van der Waals surface area contributed by atoms with Crippen molar-refractivity contribution in [2.24, 2.45) is 0 Å². The molecule has 0 bridgehead atoms. The molecule has 0 aliphatic heterocycles. The molecule has 122 valence electrons. The summed E-state index contributed by atoms with van der Waals surface area (Å²) in [5, 5.41) is 11.8. The van der Waals surface area contributed by atoms with Gasteiger partial charge in [-0.05, 0) is 42.0 Å². The second-order valence-corrected chi connectivity index (χ2v) is 5.38. The number of fused-ring (bicyclic) bond motifs is 1. The molecule has 0 spiro atoms. The van der Waals surface area contributed by atoms with E-state index >= 15 is 0 Å². The summed E-state index contributed by atoms with van der Waals surface area (Å²) in [6, 6.07) is 10.4. The highest BCUT2D eigenvalue weighted by atomic mass is 16.6. The lowest BCUT2D eigenvalue weighted by Gasteiger charge is -2.13. The number of ketones is 1. The lowest BCUT2D eigenvalue weighted by Crippen LogP contribution is -2.24. The number of para-hydroxylation sites is 1. The molecule has 0 aliphatic rings. The number of nitrogens with one attached hydrogen (secondary N) is 1.